The monoisotopic (exact) mass is 226 g/mol. The van der Waals surface area contributed by atoms with Crippen LogP contribution in [-0.2, 0) is 0 Å². The molecule has 1 aromatic heterocycles. The van der Waals surface area contributed by atoms with E-state index >= 15 is 0 Å². The Bertz CT molecular complexity index is 293. The highest BCUT2D eigenvalue weighted by Crippen LogP contribution is 2.22. The van der Waals surface area contributed by atoms with Crippen molar-refractivity contribution in [1.29, 1.82) is 0 Å². The second-order valence-corrected chi connectivity index (χ2v) is 4.61. The van der Waals surface area contributed by atoms with Crippen LogP contribution in [0.2, 0.25) is 5.02 Å². The SMILES string of the molecule is Clc1cc[n+](OCC2CCCCC2)cc1. The van der Waals surface area contributed by atoms with Crippen LogP contribution in [0, 0.1) is 5.92 Å². The number of aromatic nitrogens is 1. The Morgan fingerprint density at radius 3 is 2.53 bits per heavy atom. The molecule has 2 rings (SSSR count). The van der Waals surface area contributed by atoms with Gasteiger partial charge in [0.05, 0.1) is 5.02 Å². The number of halogens is 1. The maximum Gasteiger partial charge on any atom is 0.223 e. The molecule has 2 nitrogen and oxygen atoms in total. The Morgan fingerprint density at radius 1 is 1.20 bits per heavy atom. The van der Waals surface area contributed by atoms with E-state index in [9.17, 15) is 0 Å². The number of nitrogens with zero attached hydrogens (tertiary/aromatic N) is 1. The van der Waals surface area contributed by atoms with E-state index in [-0.39, 0.29) is 0 Å². The average Bonchev–Trinajstić information content (AvgIpc) is 2.30. The van der Waals surface area contributed by atoms with Gasteiger partial charge in [-0.2, -0.15) is 0 Å². The lowest BCUT2D eigenvalue weighted by molar-refractivity contribution is -0.892. The van der Waals surface area contributed by atoms with Crippen molar-refractivity contribution in [3.63, 3.8) is 0 Å². The largest absolute Gasteiger partial charge is 0.271 e. The van der Waals surface area contributed by atoms with Gasteiger partial charge in [0.25, 0.3) is 0 Å². The topological polar surface area (TPSA) is 13.1 Å². The van der Waals surface area contributed by atoms with Gasteiger partial charge in [-0.15, -0.1) is 0 Å². The molecule has 1 aliphatic carbocycles. The zero-order chi connectivity index (χ0) is 10.5. The molecule has 0 radical (unpaired) electrons. The van der Waals surface area contributed by atoms with Crippen LogP contribution >= 0.6 is 11.6 Å². The van der Waals surface area contributed by atoms with Crippen LogP contribution < -0.4 is 9.57 Å². The van der Waals surface area contributed by atoms with E-state index in [1.165, 1.54) is 32.1 Å². The molecular weight excluding hydrogens is 210 g/mol. The fourth-order valence-corrected chi connectivity index (χ4v) is 2.14. The van der Waals surface area contributed by atoms with Crippen molar-refractivity contribution in [3.05, 3.63) is 29.5 Å². The fraction of sp³-hybridized carbons (Fsp3) is 0.583. The molecule has 15 heavy (non-hydrogen) atoms. The minimum atomic E-state index is 0.738. The number of rotatable bonds is 3. The van der Waals surface area contributed by atoms with Crippen molar-refractivity contribution in [3.8, 4) is 0 Å². The Labute approximate surface area is 95.8 Å². The maximum atomic E-state index is 5.79. The normalized spacial score (nSPS) is 17.7. The van der Waals surface area contributed by atoms with Crippen LogP contribution in [-0.4, -0.2) is 6.61 Å². The van der Waals surface area contributed by atoms with Crippen molar-refractivity contribution in [2.45, 2.75) is 32.1 Å². The summed E-state index contributed by atoms with van der Waals surface area (Å²) in [4.78, 5) is 5.66. The summed E-state index contributed by atoms with van der Waals surface area (Å²) >= 11 is 5.79. The predicted molar refractivity (Wildman–Crippen MR) is 59.7 cm³/mol. The van der Waals surface area contributed by atoms with Crippen LogP contribution in [0.3, 0.4) is 0 Å². The molecule has 0 saturated heterocycles. The summed E-state index contributed by atoms with van der Waals surface area (Å²) in [5.41, 5.74) is 0. The van der Waals surface area contributed by atoms with Gasteiger partial charge in [0.2, 0.25) is 12.4 Å². The third kappa shape index (κ3) is 3.38. The summed E-state index contributed by atoms with van der Waals surface area (Å²) in [5.74, 6) is 0.738. The van der Waals surface area contributed by atoms with E-state index in [0.29, 0.717) is 0 Å². The Kier molecular flexibility index (Phi) is 3.84. The molecule has 1 saturated carbocycles. The van der Waals surface area contributed by atoms with Gasteiger partial charge in [-0.1, -0.05) is 30.9 Å². The van der Waals surface area contributed by atoms with Crippen LogP contribution in [0.4, 0.5) is 0 Å². The highest BCUT2D eigenvalue weighted by molar-refractivity contribution is 6.30. The first-order chi connectivity index (χ1) is 7.34. The van der Waals surface area contributed by atoms with Crippen molar-refractivity contribution < 1.29 is 9.57 Å². The summed E-state index contributed by atoms with van der Waals surface area (Å²) in [6.45, 7) is 0.826. The lowest BCUT2D eigenvalue weighted by Crippen LogP contribution is -2.44. The van der Waals surface area contributed by atoms with Gasteiger partial charge >= 0.3 is 0 Å². The molecule has 0 amide bonds. The fourth-order valence-electron chi connectivity index (χ4n) is 2.03. The summed E-state index contributed by atoms with van der Waals surface area (Å²) in [7, 11) is 0. The Hall–Kier alpha value is -0.760. The van der Waals surface area contributed by atoms with E-state index in [1.807, 2.05) is 24.5 Å². The van der Waals surface area contributed by atoms with Crippen LogP contribution in [0.5, 0.6) is 0 Å². The summed E-state index contributed by atoms with van der Waals surface area (Å²) < 4.78 is 1.74. The molecule has 82 valence electrons. The van der Waals surface area contributed by atoms with Gasteiger partial charge < -0.3 is 0 Å². The first kappa shape index (κ1) is 10.7. The van der Waals surface area contributed by atoms with E-state index in [1.54, 1.807) is 4.73 Å². The van der Waals surface area contributed by atoms with Gasteiger partial charge in [-0.05, 0) is 18.8 Å². The molecule has 0 spiro atoms. The molecular formula is C12H17ClNO+. The molecule has 0 atom stereocenters. The number of hydrogen-bond acceptors (Lipinski definition) is 1. The van der Waals surface area contributed by atoms with Crippen molar-refractivity contribution in [2.24, 2.45) is 5.92 Å². The third-order valence-electron chi connectivity index (χ3n) is 2.95. The van der Waals surface area contributed by atoms with Crippen LogP contribution in [0.25, 0.3) is 0 Å². The average molecular weight is 227 g/mol. The highest BCUT2D eigenvalue weighted by atomic mass is 35.5. The quantitative estimate of drug-likeness (QED) is 0.723. The zero-order valence-electron chi connectivity index (χ0n) is 8.86. The molecule has 3 heteroatoms. The molecule has 0 aliphatic heterocycles. The van der Waals surface area contributed by atoms with Crippen molar-refractivity contribution in [2.75, 3.05) is 6.61 Å². The van der Waals surface area contributed by atoms with Gasteiger partial charge in [0.1, 0.15) is 0 Å². The van der Waals surface area contributed by atoms with E-state index in [0.717, 1.165) is 17.5 Å². The van der Waals surface area contributed by atoms with Crippen LogP contribution in [0.1, 0.15) is 32.1 Å². The van der Waals surface area contributed by atoms with Crippen molar-refractivity contribution >= 4 is 11.6 Å². The number of pyridine rings is 1. The summed E-state index contributed by atoms with van der Waals surface area (Å²) in [6.07, 6.45) is 10.4. The lowest BCUT2D eigenvalue weighted by Gasteiger charge is -2.18. The minimum absolute atomic E-state index is 0.738. The predicted octanol–water partition coefficient (Wildman–Crippen LogP) is 2.64. The third-order valence-corrected chi connectivity index (χ3v) is 3.20. The van der Waals surface area contributed by atoms with Crippen LogP contribution in [0.15, 0.2) is 24.5 Å². The highest BCUT2D eigenvalue weighted by Gasteiger charge is 2.16. The molecule has 1 heterocycles. The standard InChI is InChI=1S/C12H17ClNO/c13-12-6-8-14(9-7-12)15-10-11-4-2-1-3-5-11/h6-9,11H,1-5,10H2/q+1. The summed E-state index contributed by atoms with van der Waals surface area (Å²) in [5, 5.41) is 0.743. The Morgan fingerprint density at radius 2 is 1.87 bits per heavy atom. The summed E-state index contributed by atoms with van der Waals surface area (Å²) in [6, 6.07) is 3.67. The first-order valence-electron chi connectivity index (χ1n) is 5.65. The number of hydrogen-bond donors (Lipinski definition) is 0. The Balaban J connectivity index is 1.79. The van der Waals surface area contributed by atoms with E-state index in [2.05, 4.69) is 0 Å². The molecule has 0 N–H and O–H groups in total. The van der Waals surface area contributed by atoms with Gasteiger partial charge in [-0.3, -0.25) is 4.84 Å². The molecule has 0 aromatic carbocycles. The maximum absolute atomic E-state index is 5.79. The van der Waals surface area contributed by atoms with Gasteiger partial charge in [0.15, 0.2) is 6.61 Å². The molecule has 1 fully saturated rings. The van der Waals surface area contributed by atoms with E-state index in [4.69, 9.17) is 16.4 Å². The zero-order valence-corrected chi connectivity index (χ0v) is 9.62. The lowest BCUT2D eigenvalue weighted by atomic mass is 9.90. The minimum Gasteiger partial charge on any atom is -0.271 e. The van der Waals surface area contributed by atoms with Gasteiger partial charge in [0, 0.05) is 16.9 Å². The smallest absolute Gasteiger partial charge is 0.223 e. The molecule has 0 bridgehead atoms. The van der Waals surface area contributed by atoms with E-state index < -0.39 is 0 Å². The molecule has 0 unspecified atom stereocenters. The second-order valence-electron chi connectivity index (χ2n) is 4.18. The second kappa shape index (κ2) is 5.36. The molecule has 1 aliphatic rings. The van der Waals surface area contributed by atoms with Gasteiger partial charge in [-0.25, -0.2) is 0 Å². The molecule has 1 aromatic rings. The van der Waals surface area contributed by atoms with Crippen molar-refractivity contribution in [1.82, 2.24) is 0 Å². The first-order valence-corrected chi connectivity index (χ1v) is 6.02.